The maximum atomic E-state index is 10.7. The summed E-state index contributed by atoms with van der Waals surface area (Å²) >= 11 is 0. The van der Waals surface area contributed by atoms with Crippen molar-refractivity contribution in [1.29, 1.82) is 0 Å². The Labute approximate surface area is 59.8 Å². The number of rotatable bonds is 2. The zero-order chi connectivity index (χ0) is 7.56. The Kier molecular flexibility index (Phi) is 2.04. The van der Waals surface area contributed by atoms with Crippen molar-refractivity contribution in [3.63, 3.8) is 0 Å². The highest BCUT2D eigenvalue weighted by molar-refractivity contribution is 5.79. The van der Waals surface area contributed by atoms with E-state index in [1.807, 2.05) is 6.92 Å². The summed E-state index contributed by atoms with van der Waals surface area (Å²) in [7, 11) is 0. The minimum Gasteiger partial charge on any atom is -0.353 e. The highest BCUT2D eigenvalue weighted by atomic mass is 16.2. The minimum atomic E-state index is 0.0688. The van der Waals surface area contributed by atoms with Crippen molar-refractivity contribution in [2.75, 3.05) is 0 Å². The summed E-state index contributed by atoms with van der Waals surface area (Å²) in [6.45, 7) is 1.98. The van der Waals surface area contributed by atoms with E-state index >= 15 is 0 Å². The second kappa shape index (κ2) is 2.82. The van der Waals surface area contributed by atoms with Gasteiger partial charge in [-0.2, -0.15) is 0 Å². The molecule has 0 spiro atoms. The van der Waals surface area contributed by atoms with Gasteiger partial charge in [0.15, 0.2) is 0 Å². The molecule has 0 saturated carbocycles. The van der Waals surface area contributed by atoms with E-state index in [0.29, 0.717) is 18.8 Å². The Morgan fingerprint density at radius 2 is 2.50 bits per heavy atom. The van der Waals surface area contributed by atoms with Gasteiger partial charge in [-0.1, -0.05) is 6.92 Å². The molecule has 56 valence electrons. The molecule has 1 rings (SSSR count). The number of carbonyl (C=O) groups is 2. The molecular weight excluding hydrogens is 130 g/mol. The first kappa shape index (κ1) is 7.25. The number of carbonyl (C=O) groups excluding carboxylic acids is 2. The maximum absolute atomic E-state index is 10.7. The fourth-order valence-corrected chi connectivity index (χ4v) is 1.24. The number of nitrogens with one attached hydrogen (secondary N) is 1. The van der Waals surface area contributed by atoms with Gasteiger partial charge < -0.3 is 10.1 Å². The Morgan fingerprint density at radius 3 is 2.90 bits per heavy atom. The fourth-order valence-electron chi connectivity index (χ4n) is 1.24. The number of amides is 1. The van der Waals surface area contributed by atoms with Crippen LogP contribution in [0.2, 0.25) is 0 Å². The molecule has 0 radical (unpaired) electrons. The van der Waals surface area contributed by atoms with Gasteiger partial charge in [0.25, 0.3) is 0 Å². The van der Waals surface area contributed by atoms with Crippen LogP contribution in [0.25, 0.3) is 0 Å². The normalized spacial score (nSPS) is 31.9. The van der Waals surface area contributed by atoms with Crippen LogP contribution in [-0.4, -0.2) is 18.2 Å². The lowest BCUT2D eigenvalue weighted by Gasteiger charge is -2.09. The lowest BCUT2D eigenvalue weighted by atomic mass is 10.0. The van der Waals surface area contributed by atoms with Crippen molar-refractivity contribution in [3.8, 4) is 0 Å². The van der Waals surface area contributed by atoms with Crippen LogP contribution >= 0.6 is 0 Å². The van der Waals surface area contributed by atoms with E-state index in [0.717, 1.165) is 6.29 Å². The third-order valence-electron chi connectivity index (χ3n) is 1.89. The van der Waals surface area contributed by atoms with Crippen LogP contribution in [0.5, 0.6) is 0 Å². The second-order valence-electron chi connectivity index (χ2n) is 2.76. The predicted molar refractivity (Wildman–Crippen MR) is 36.4 cm³/mol. The molecule has 2 unspecified atom stereocenters. The van der Waals surface area contributed by atoms with Crippen LogP contribution in [0, 0.1) is 5.92 Å². The van der Waals surface area contributed by atoms with E-state index in [4.69, 9.17) is 0 Å². The van der Waals surface area contributed by atoms with Crippen LogP contribution in [0.15, 0.2) is 0 Å². The molecule has 0 aromatic rings. The smallest absolute Gasteiger partial charge is 0.220 e. The summed E-state index contributed by atoms with van der Waals surface area (Å²) in [6.07, 6.45) is 1.87. The highest BCUT2D eigenvalue weighted by Gasteiger charge is 2.27. The van der Waals surface area contributed by atoms with E-state index in [1.165, 1.54) is 0 Å². The first-order valence-electron chi connectivity index (χ1n) is 3.47. The Hall–Kier alpha value is -0.860. The molecule has 1 aliphatic heterocycles. The molecule has 1 fully saturated rings. The Morgan fingerprint density at radius 1 is 1.80 bits per heavy atom. The number of hydrogen-bond donors (Lipinski definition) is 1. The van der Waals surface area contributed by atoms with Crippen molar-refractivity contribution in [3.05, 3.63) is 0 Å². The van der Waals surface area contributed by atoms with Gasteiger partial charge in [0.05, 0.1) is 0 Å². The van der Waals surface area contributed by atoms with Crippen LogP contribution < -0.4 is 5.32 Å². The summed E-state index contributed by atoms with van der Waals surface area (Å²) in [5.74, 6) is 0.386. The van der Waals surface area contributed by atoms with E-state index < -0.39 is 0 Å². The second-order valence-corrected chi connectivity index (χ2v) is 2.76. The lowest BCUT2D eigenvalue weighted by molar-refractivity contribution is -0.119. The standard InChI is InChI=1S/C7H11NO2/c1-5-4-7(10)8-6(5)2-3-9/h3,5-6H,2,4H2,1H3,(H,8,10). The van der Waals surface area contributed by atoms with E-state index in [9.17, 15) is 9.59 Å². The van der Waals surface area contributed by atoms with Gasteiger partial charge in [-0.3, -0.25) is 4.79 Å². The largest absolute Gasteiger partial charge is 0.353 e. The van der Waals surface area contributed by atoms with Gasteiger partial charge in [0, 0.05) is 18.9 Å². The molecule has 1 N–H and O–H groups in total. The topological polar surface area (TPSA) is 46.2 Å². The third kappa shape index (κ3) is 1.35. The summed E-state index contributed by atoms with van der Waals surface area (Å²) in [6, 6.07) is 0.0880. The van der Waals surface area contributed by atoms with Crippen LogP contribution in [0.1, 0.15) is 19.8 Å². The van der Waals surface area contributed by atoms with Crippen molar-refractivity contribution in [2.24, 2.45) is 5.92 Å². The van der Waals surface area contributed by atoms with Crippen LogP contribution in [0.3, 0.4) is 0 Å². The number of hydrogen-bond acceptors (Lipinski definition) is 2. The van der Waals surface area contributed by atoms with Crippen LogP contribution in [0.4, 0.5) is 0 Å². The molecule has 1 aliphatic rings. The average molecular weight is 141 g/mol. The Bertz CT molecular complexity index is 156. The molecule has 10 heavy (non-hydrogen) atoms. The molecule has 0 aromatic carbocycles. The molecule has 1 heterocycles. The van der Waals surface area contributed by atoms with Gasteiger partial charge in [-0.25, -0.2) is 0 Å². The molecule has 3 heteroatoms. The molecule has 1 amide bonds. The summed E-state index contributed by atoms with van der Waals surface area (Å²) in [5, 5.41) is 2.73. The molecule has 3 nitrogen and oxygen atoms in total. The number of aldehydes is 1. The fraction of sp³-hybridized carbons (Fsp3) is 0.714. The van der Waals surface area contributed by atoms with Crippen molar-refractivity contribution in [2.45, 2.75) is 25.8 Å². The third-order valence-corrected chi connectivity index (χ3v) is 1.89. The zero-order valence-electron chi connectivity index (χ0n) is 5.96. The van der Waals surface area contributed by atoms with Gasteiger partial charge in [0.1, 0.15) is 6.29 Å². The van der Waals surface area contributed by atoms with E-state index in [-0.39, 0.29) is 11.9 Å². The SMILES string of the molecule is CC1CC(=O)NC1CC=O. The molecule has 0 bridgehead atoms. The highest BCUT2D eigenvalue weighted by Crippen LogP contribution is 2.16. The van der Waals surface area contributed by atoms with Crippen LogP contribution in [-0.2, 0) is 9.59 Å². The lowest BCUT2D eigenvalue weighted by Crippen LogP contribution is -2.28. The molecule has 0 aliphatic carbocycles. The molecular formula is C7H11NO2. The summed E-state index contributed by atoms with van der Waals surface area (Å²) in [4.78, 5) is 20.8. The Balaban J connectivity index is 2.45. The maximum Gasteiger partial charge on any atom is 0.220 e. The van der Waals surface area contributed by atoms with Gasteiger partial charge in [-0.05, 0) is 5.92 Å². The molecule has 0 aromatic heterocycles. The molecule has 2 atom stereocenters. The zero-order valence-corrected chi connectivity index (χ0v) is 5.96. The van der Waals surface area contributed by atoms with Crippen molar-refractivity contribution < 1.29 is 9.59 Å². The summed E-state index contributed by atoms with van der Waals surface area (Å²) < 4.78 is 0. The van der Waals surface area contributed by atoms with Crippen molar-refractivity contribution >= 4 is 12.2 Å². The van der Waals surface area contributed by atoms with Gasteiger partial charge in [0.2, 0.25) is 5.91 Å². The average Bonchev–Trinajstić information content (AvgIpc) is 2.13. The quantitative estimate of drug-likeness (QED) is 0.554. The van der Waals surface area contributed by atoms with E-state index in [1.54, 1.807) is 0 Å². The van der Waals surface area contributed by atoms with Crippen molar-refractivity contribution in [1.82, 2.24) is 5.32 Å². The summed E-state index contributed by atoms with van der Waals surface area (Å²) in [5.41, 5.74) is 0. The minimum absolute atomic E-state index is 0.0688. The first-order valence-corrected chi connectivity index (χ1v) is 3.47. The molecule has 1 saturated heterocycles. The first-order chi connectivity index (χ1) is 4.74. The van der Waals surface area contributed by atoms with Gasteiger partial charge in [-0.15, -0.1) is 0 Å². The monoisotopic (exact) mass is 141 g/mol. The van der Waals surface area contributed by atoms with Gasteiger partial charge >= 0.3 is 0 Å². The predicted octanol–water partition coefficient (Wildman–Crippen LogP) is 0.1000. The van der Waals surface area contributed by atoms with E-state index in [2.05, 4.69) is 5.32 Å².